The number of carbonyl (C=O) groups is 1. The lowest BCUT2D eigenvalue weighted by atomic mass is 10.1. The van der Waals surface area contributed by atoms with Crippen LogP contribution in [0.4, 0.5) is 0 Å². The molecule has 2 aromatic heterocycles. The van der Waals surface area contributed by atoms with Gasteiger partial charge in [-0.15, -0.1) is 11.3 Å². The molecule has 5 nitrogen and oxygen atoms in total. The smallest absolute Gasteiger partial charge is 0.260 e. The fourth-order valence-corrected chi connectivity index (χ4v) is 4.89. The molecule has 1 aromatic carbocycles. The van der Waals surface area contributed by atoms with Gasteiger partial charge in [-0.1, -0.05) is 42.1 Å². The van der Waals surface area contributed by atoms with Crippen LogP contribution in [0, 0.1) is 0 Å². The van der Waals surface area contributed by atoms with E-state index in [0.717, 1.165) is 31.5 Å². The van der Waals surface area contributed by atoms with Gasteiger partial charge >= 0.3 is 0 Å². The number of hydrogen-bond donors (Lipinski definition) is 1. The quantitative estimate of drug-likeness (QED) is 0.564. The Morgan fingerprint density at radius 1 is 1.20 bits per heavy atom. The Bertz CT molecular complexity index is 946. The zero-order valence-electron chi connectivity index (χ0n) is 13.5. The van der Waals surface area contributed by atoms with Crippen LogP contribution in [0.2, 0.25) is 0 Å². The summed E-state index contributed by atoms with van der Waals surface area (Å²) in [7, 11) is 0. The van der Waals surface area contributed by atoms with Crippen molar-refractivity contribution in [3.8, 4) is 0 Å². The Hall–Kier alpha value is -2.12. The summed E-state index contributed by atoms with van der Waals surface area (Å²) < 4.78 is 0. The molecule has 0 aliphatic carbocycles. The molecule has 4 rings (SSSR count). The number of nitrogens with one attached hydrogen (secondary N) is 1. The van der Waals surface area contributed by atoms with Gasteiger partial charge in [0.25, 0.3) is 5.56 Å². The number of aromatic nitrogens is 2. The fraction of sp³-hybridized carbons (Fsp3) is 0.278. The van der Waals surface area contributed by atoms with Crippen LogP contribution < -0.4 is 5.56 Å². The van der Waals surface area contributed by atoms with E-state index in [4.69, 9.17) is 0 Å². The van der Waals surface area contributed by atoms with Crippen molar-refractivity contribution >= 4 is 39.2 Å². The van der Waals surface area contributed by atoms with Gasteiger partial charge in [-0.05, 0) is 29.9 Å². The number of amides is 1. The van der Waals surface area contributed by atoms with Crippen LogP contribution >= 0.6 is 23.1 Å². The van der Waals surface area contributed by atoms with Crippen LogP contribution in [0.5, 0.6) is 0 Å². The molecule has 1 unspecified atom stereocenters. The molecule has 7 heteroatoms. The van der Waals surface area contributed by atoms with Gasteiger partial charge in [0.05, 0.1) is 5.39 Å². The molecular formula is C18H17N3O2S2. The average molecular weight is 371 g/mol. The first-order chi connectivity index (χ1) is 12.2. The number of H-pyrrole nitrogens is 1. The van der Waals surface area contributed by atoms with Crippen molar-refractivity contribution in [3.05, 3.63) is 57.7 Å². The van der Waals surface area contributed by atoms with Crippen molar-refractivity contribution in [2.24, 2.45) is 0 Å². The predicted molar refractivity (Wildman–Crippen MR) is 101 cm³/mol. The van der Waals surface area contributed by atoms with Crippen LogP contribution in [0.15, 0.2) is 51.7 Å². The second kappa shape index (κ2) is 7.01. The number of thiophene rings is 1. The Kier molecular flexibility index (Phi) is 4.59. The molecule has 0 radical (unpaired) electrons. The van der Waals surface area contributed by atoms with E-state index in [1.807, 2.05) is 40.6 Å². The van der Waals surface area contributed by atoms with Gasteiger partial charge in [-0.2, -0.15) is 0 Å². The summed E-state index contributed by atoms with van der Waals surface area (Å²) in [6.07, 6.45) is 2.10. The molecule has 25 heavy (non-hydrogen) atoms. The Morgan fingerprint density at radius 3 is 2.72 bits per heavy atom. The Balaban J connectivity index is 1.69. The minimum atomic E-state index is -0.403. The summed E-state index contributed by atoms with van der Waals surface area (Å²) >= 11 is 2.75. The molecule has 1 amide bonds. The van der Waals surface area contributed by atoms with E-state index in [-0.39, 0.29) is 11.5 Å². The molecule has 3 aromatic rings. The highest BCUT2D eigenvalue weighted by Gasteiger charge is 2.29. The molecule has 1 aliphatic heterocycles. The van der Waals surface area contributed by atoms with Gasteiger partial charge in [0.2, 0.25) is 5.91 Å². The third-order valence-electron chi connectivity index (χ3n) is 4.29. The van der Waals surface area contributed by atoms with Gasteiger partial charge in [0, 0.05) is 13.1 Å². The molecule has 3 heterocycles. The SMILES string of the molecule is O=C(C(Sc1nc2sccc2c(=O)[nH]1)c1ccccc1)N1CCCC1. The van der Waals surface area contributed by atoms with E-state index in [1.54, 1.807) is 6.07 Å². The van der Waals surface area contributed by atoms with Crippen molar-refractivity contribution in [1.82, 2.24) is 14.9 Å². The number of carbonyl (C=O) groups excluding carboxylic acids is 1. The lowest BCUT2D eigenvalue weighted by molar-refractivity contribution is -0.129. The van der Waals surface area contributed by atoms with Crippen LogP contribution in [0.1, 0.15) is 23.7 Å². The summed E-state index contributed by atoms with van der Waals surface area (Å²) in [6, 6.07) is 11.5. The van der Waals surface area contributed by atoms with Gasteiger partial charge in [-0.3, -0.25) is 9.59 Å². The van der Waals surface area contributed by atoms with Gasteiger partial charge in [-0.25, -0.2) is 4.98 Å². The molecule has 1 N–H and O–H groups in total. The van der Waals surface area contributed by atoms with E-state index in [1.165, 1.54) is 23.1 Å². The first-order valence-electron chi connectivity index (χ1n) is 8.20. The maximum absolute atomic E-state index is 13.0. The molecule has 128 valence electrons. The highest BCUT2D eigenvalue weighted by atomic mass is 32.2. The van der Waals surface area contributed by atoms with Crippen molar-refractivity contribution < 1.29 is 4.79 Å². The van der Waals surface area contributed by atoms with Gasteiger partial charge in [0.15, 0.2) is 5.16 Å². The minimum Gasteiger partial charge on any atom is -0.341 e. The lowest BCUT2D eigenvalue weighted by Gasteiger charge is -2.22. The molecule has 1 aliphatic rings. The molecule has 1 fully saturated rings. The molecule has 1 atom stereocenters. The first kappa shape index (κ1) is 16.4. The highest BCUT2D eigenvalue weighted by molar-refractivity contribution is 8.00. The van der Waals surface area contributed by atoms with Crippen LogP contribution in [-0.4, -0.2) is 33.9 Å². The zero-order chi connectivity index (χ0) is 17.2. The molecular weight excluding hydrogens is 354 g/mol. The standard InChI is InChI=1S/C18H17N3O2S2/c22-15-13-8-11-24-16(13)20-18(19-15)25-14(12-6-2-1-3-7-12)17(23)21-9-4-5-10-21/h1-3,6-8,11,14H,4-5,9-10H2,(H,19,20,22). The third-order valence-corrected chi connectivity index (χ3v) is 6.22. The average Bonchev–Trinajstić information content (AvgIpc) is 3.31. The molecule has 0 bridgehead atoms. The summed E-state index contributed by atoms with van der Waals surface area (Å²) in [4.78, 5) is 35.2. The number of rotatable bonds is 4. The van der Waals surface area contributed by atoms with Crippen LogP contribution in [-0.2, 0) is 4.79 Å². The number of likely N-dealkylation sites (tertiary alicyclic amines) is 1. The maximum Gasteiger partial charge on any atom is 0.260 e. The number of thioether (sulfide) groups is 1. The highest BCUT2D eigenvalue weighted by Crippen LogP contribution is 2.36. The number of fused-ring (bicyclic) bond motifs is 1. The molecule has 0 saturated carbocycles. The van der Waals surface area contributed by atoms with E-state index in [2.05, 4.69) is 9.97 Å². The Labute approximate surface area is 153 Å². The molecule has 1 saturated heterocycles. The van der Waals surface area contributed by atoms with E-state index >= 15 is 0 Å². The number of aromatic amines is 1. The summed E-state index contributed by atoms with van der Waals surface area (Å²) in [5.41, 5.74) is 0.771. The van der Waals surface area contributed by atoms with Crippen LogP contribution in [0.25, 0.3) is 10.2 Å². The number of nitrogens with zero attached hydrogens (tertiary/aromatic N) is 2. The monoisotopic (exact) mass is 371 g/mol. The van der Waals surface area contributed by atoms with E-state index in [0.29, 0.717) is 15.4 Å². The van der Waals surface area contributed by atoms with E-state index in [9.17, 15) is 9.59 Å². The fourth-order valence-electron chi connectivity index (χ4n) is 3.00. The summed E-state index contributed by atoms with van der Waals surface area (Å²) in [5, 5.41) is 2.53. The summed E-state index contributed by atoms with van der Waals surface area (Å²) in [6.45, 7) is 1.60. The minimum absolute atomic E-state index is 0.0858. The number of hydrogen-bond acceptors (Lipinski definition) is 5. The third kappa shape index (κ3) is 3.34. The summed E-state index contributed by atoms with van der Waals surface area (Å²) in [5.74, 6) is 0.0858. The van der Waals surface area contributed by atoms with Crippen molar-refractivity contribution in [3.63, 3.8) is 0 Å². The first-order valence-corrected chi connectivity index (χ1v) is 9.96. The predicted octanol–water partition coefficient (Wildman–Crippen LogP) is 3.44. The van der Waals surface area contributed by atoms with Crippen molar-refractivity contribution in [1.29, 1.82) is 0 Å². The second-order valence-corrected chi connectivity index (χ2v) is 7.94. The normalized spacial score (nSPS) is 15.6. The number of benzene rings is 1. The molecule has 0 spiro atoms. The lowest BCUT2D eigenvalue weighted by Crippen LogP contribution is -2.31. The largest absolute Gasteiger partial charge is 0.341 e. The topological polar surface area (TPSA) is 66.1 Å². The second-order valence-electron chi connectivity index (χ2n) is 5.95. The zero-order valence-corrected chi connectivity index (χ0v) is 15.1. The van der Waals surface area contributed by atoms with Gasteiger partial charge in [0.1, 0.15) is 10.1 Å². The van der Waals surface area contributed by atoms with Gasteiger partial charge < -0.3 is 9.88 Å². The van der Waals surface area contributed by atoms with Crippen molar-refractivity contribution in [2.75, 3.05) is 13.1 Å². The van der Waals surface area contributed by atoms with Crippen molar-refractivity contribution in [2.45, 2.75) is 23.2 Å². The maximum atomic E-state index is 13.0. The van der Waals surface area contributed by atoms with E-state index < -0.39 is 5.25 Å². The Morgan fingerprint density at radius 2 is 1.96 bits per heavy atom. The van der Waals surface area contributed by atoms with Crippen LogP contribution in [0.3, 0.4) is 0 Å².